The summed E-state index contributed by atoms with van der Waals surface area (Å²) in [5.74, 6) is 1.03. The van der Waals surface area contributed by atoms with Crippen molar-refractivity contribution in [2.75, 3.05) is 19.0 Å². The fourth-order valence-electron chi connectivity index (χ4n) is 4.47. The van der Waals surface area contributed by atoms with Gasteiger partial charge in [0.15, 0.2) is 14.1 Å². The predicted octanol–water partition coefficient (Wildman–Crippen LogP) is 7.03. The standard InChI is InChI=1S/C30H49NO3Si3/c1-29(2,3)36(11,12)33-20-24-25(34-37(13,14)30(4,5)6)18-17-23-27(32)22-16-15-21(31(7)8)19-26(22)35(9,10)28(23)24/h15-19H,20H2,1-14H3. The van der Waals surface area contributed by atoms with E-state index in [1.807, 2.05) is 18.2 Å². The molecule has 0 spiro atoms. The SMILES string of the molecule is CN(C)c1ccc2c(c1)[Si](C)(C)c1c(ccc(O[Si](C)(C)C(C)(C)C)c1CO[Si](C)(C)C(C)(C)C)C2=O. The van der Waals surface area contributed by atoms with E-state index in [2.05, 4.69) is 112 Å². The normalized spacial score (nSPS) is 15.8. The molecule has 0 aromatic heterocycles. The van der Waals surface area contributed by atoms with Gasteiger partial charge < -0.3 is 13.8 Å². The van der Waals surface area contributed by atoms with Gasteiger partial charge in [0.05, 0.1) is 6.61 Å². The predicted molar refractivity (Wildman–Crippen MR) is 167 cm³/mol. The second-order valence-corrected chi connectivity index (χ2v) is 28.3. The molecule has 7 heteroatoms. The van der Waals surface area contributed by atoms with Gasteiger partial charge in [-0.3, -0.25) is 4.79 Å². The monoisotopic (exact) mass is 555 g/mol. The highest BCUT2D eigenvalue weighted by Crippen LogP contribution is 2.41. The molecule has 1 aliphatic heterocycles. The third-order valence-electron chi connectivity index (χ3n) is 9.13. The van der Waals surface area contributed by atoms with Crippen molar-refractivity contribution in [1.29, 1.82) is 0 Å². The number of anilines is 1. The molecule has 0 saturated carbocycles. The van der Waals surface area contributed by atoms with Crippen LogP contribution < -0.4 is 19.7 Å². The van der Waals surface area contributed by atoms with Crippen LogP contribution >= 0.6 is 0 Å². The fourth-order valence-corrected chi connectivity index (χ4v) is 9.93. The summed E-state index contributed by atoms with van der Waals surface area (Å²) < 4.78 is 13.8. The zero-order valence-electron chi connectivity index (χ0n) is 25.8. The van der Waals surface area contributed by atoms with Gasteiger partial charge in [0.1, 0.15) is 13.8 Å². The fraction of sp³-hybridized carbons (Fsp3) is 0.567. The molecule has 1 heterocycles. The van der Waals surface area contributed by atoms with Crippen LogP contribution in [0.15, 0.2) is 30.3 Å². The largest absolute Gasteiger partial charge is 0.543 e. The molecule has 4 nitrogen and oxygen atoms in total. The van der Waals surface area contributed by atoms with Crippen molar-refractivity contribution in [2.24, 2.45) is 0 Å². The van der Waals surface area contributed by atoms with Gasteiger partial charge in [-0.25, -0.2) is 0 Å². The third kappa shape index (κ3) is 5.42. The Morgan fingerprint density at radius 3 is 1.89 bits per heavy atom. The number of benzene rings is 2. The van der Waals surface area contributed by atoms with Gasteiger partial charge in [-0.15, -0.1) is 0 Å². The van der Waals surface area contributed by atoms with E-state index in [1.165, 1.54) is 10.4 Å². The summed E-state index contributed by atoms with van der Waals surface area (Å²) in [6.45, 7) is 28.0. The van der Waals surface area contributed by atoms with Gasteiger partial charge in [0.25, 0.3) is 0 Å². The minimum absolute atomic E-state index is 0.0659. The van der Waals surface area contributed by atoms with Crippen molar-refractivity contribution < 1.29 is 13.6 Å². The van der Waals surface area contributed by atoms with Crippen LogP contribution in [0.5, 0.6) is 5.75 Å². The quantitative estimate of drug-likeness (QED) is 0.359. The van der Waals surface area contributed by atoms with Crippen molar-refractivity contribution >= 4 is 46.6 Å². The molecule has 0 aliphatic carbocycles. The van der Waals surface area contributed by atoms with E-state index in [4.69, 9.17) is 8.85 Å². The van der Waals surface area contributed by atoms with Gasteiger partial charge in [-0.05, 0) is 77.0 Å². The molecule has 0 fully saturated rings. The highest BCUT2D eigenvalue weighted by molar-refractivity contribution is 7.03. The zero-order valence-corrected chi connectivity index (χ0v) is 28.8. The molecule has 204 valence electrons. The Bertz CT molecular complexity index is 1200. The van der Waals surface area contributed by atoms with Crippen LogP contribution in [0.4, 0.5) is 5.69 Å². The van der Waals surface area contributed by atoms with E-state index >= 15 is 0 Å². The first-order valence-corrected chi connectivity index (χ1v) is 22.3. The Kier molecular flexibility index (Phi) is 7.67. The smallest absolute Gasteiger partial charge is 0.250 e. The third-order valence-corrected chi connectivity index (χ3v) is 21.5. The number of carbonyl (C=O) groups is 1. The molecule has 3 rings (SSSR count). The maximum atomic E-state index is 13.9. The van der Waals surface area contributed by atoms with Crippen molar-refractivity contribution in [3.63, 3.8) is 0 Å². The summed E-state index contributed by atoms with van der Waals surface area (Å²) in [6, 6.07) is 10.4. The summed E-state index contributed by atoms with van der Waals surface area (Å²) in [6.07, 6.45) is 0. The molecule has 0 saturated heterocycles. The zero-order chi connectivity index (χ0) is 28.4. The van der Waals surface area contributed by atoms with Crippen molar-refractivity contribution in [3.05, 3.63) is 47.0 Å². The summed E-state index contributed by atoms with van der Waals surface area (Å²) in [5, 5.41) is 2.56. The molecule has 0 radical (unpaired) electrons. The van der Waals surface area contributed by atoms with Gasteiger partial charge in [-0.2, -0.15) is 0 Å². The van der Waals surface area contributed by atoms with E-state index in [1.54, 1.807) is 0 Å². The second-order valence-electron chi connectivity index (χ2n) is 14.5. The van der Waals surface area contributed by atoms with Crippen LogP contribution in [0.1, 0.15) is 63.0 Å². The topological polar surface area (TPSA) is 38.8 Å². The number of carbonyl (C=O) groups excluding carboxylic acids is 1. The molecule has 1 aliphatic rings. The lowest BCUT2D eigenvalue weighted by Gasteiger charge is -2.41. The molecule has 37 heavy (non-hydrogen) atoms. The van der Waals surface area contributed by atoms with Gasteiger partial charge in [-0.1, -0.05) is 54.6 Å². The number of fused-ring (bicyclic) bond motifs is 2. The number of hydrogen-bond donors (Lipinski definition) is 0. The number of ketones is 1. The Labute approximate surface area is 229 Å². The minimum Gasteiger partial charge on any atom is -0.543 e. The minimum atomic E-state index is -2.27. The molecule has 0 bridgehead atoms. The molecule has 0 atom stereocenters. The van der Waals surface area contributed by atoms with Crippen LogP contribution in [0, 0.1) is 0 Å². The lowest BCUT2D eigenvalue weighted by atomic mass is 9.99. The second kappa shape index (κ2) is 9.50. The molecular weight excluding hydrogens is 507 g/mol. The lowest BCUT2D eigenvalue weighted by Crippen LogP contribution is -2.61. The first kappa shape index (κ1) is 29.9. The maximum absolute atomic E-state index is 13.9. The van der Waals surface area contributed by atoms with E-state index in [-0.39, 0.29) is 15.9 Å². The van der Waals surface area contributed by atoms with E-state index in [0.717, 1.165) is 28.1 Å². The molecule has 2 aromatic carbocycles. The molecule has 0 N–H and O–H groups in total. The lowest BCUT2D eigenvalue weighted by molar-refractivity contribution is 0.104. The van der Waals surface area contributed by atoms with E-state index < -0.39 is 24.7 Å². The number of hydrogen-bond acceptors (Lipinski definition) is 4. The number of rotatable bonds is 6. The van der Waals surface area contributed by atoms with Gasteiger partial charge in [0.2, 0.25) is 8.32 Å². The van der Waals surface area contributed by atoms with Crippen molar-refractivity contribution in [3.8, 4) is 5.75 Å². The average Bonchev–Trinajstić information content (AvgIpc) is 2.74. The first-order chi connectivity index (χ1) is 16.6. The van der Waals surface area contributed by atoms with Crippen LogP contribution in [0.3, 0.4) is 0 Å². The molecular formula is C30H49NO3Si3. The highest BCUT2D eigenvalue weighted by Gasteiger charge is 2.45. The Morgan fingerprint density at radius 2 is 1.38 bits per heavy atom. The summed E-state index contributed by atoms with van der Waals surface area (Å²) >= 11 is 0. The first-order valence-electron chi connectivity index (χ1n) is 13.5. The summed E-state index contributed by atoms with van der Waals surface area (Å²) in [5.41, 5.74) is 3.91. The summed E-state index contributed by atoms with van der Waals surface area (Å²) in [4.78, 5) is 16.0. The summed E-state index contributed by atoms with van der Waals surface area (Å²) in [7, 11) is -2.30. The van der Waals surface area contributed by atoms with Gasteiger partial charge >= 0.3 is 0 Å². The van der Waals surface area contributed by atoms with Crippen LogP contribution in [-0.2, 0) is 11.0 Å². The Morgan fingerprint density at radius 1 is 0.838 bits per heavy atom. The highest BCUT2D eigenvalue weighted by atomic mass is 28.4. The van der Waals surface area contributed by atoms with Crippen LogP contribution in [0.2, 0.25) is 49.4 Å². The van der Waals surface area contributed by atoms with E-state index in [9.17, 15) is 4.79 Å². The molecule has 0 amide bonds. The Hall–Kier alpha value is -1.68. The van der Waals surface area contributed by atoms with Crippen molar-refractivity contribution in [1.82, 2.24) is 0 Å². The Balaban J connectivity index is 2.28. The van der Waals surface area contributed by atoms with Crippen LogP contribution in [0.25, 0.3) is 0 Å². The molecule has 0 unspecified atom stereocenters. The average molecular weight is 556 g/mol. The maximum Gasteiger partial charge on any atom is 0.250 e. The van der Waals surface area contributed by atoms with Gasteiger partial charge in [0, 0.05) is 36.5 Å². The van der Waals surface area contributed by atoms with Crippen LogP contribution in [-0.4, -0.2) is 44.6 Å². The van der Waals surface area contributed by atoms with Crippen molar-refractivity contribution in [2.45, 2.75) is 97.5 Å². The number of nitrogens with zero attached hydrogens (tertiary/aromatic N) is 1. The molecule has 2 aromatic rings. The van der Waals surface area contributed by atoms with E-state index in [0.29, 0.717) is 6.61 Å².